The third kappa shape index (κ3) is 6.01. The van der Waals surface area contributed by atoms with Gasteiger partial charge in [0.15, 0.2) is 0 Å². The van der Waals surface area contributed by atoms with Gasteiger partial charge in [0.05, 0.1) is 0 Å². The fraction of sp³-hybridized carbons (Fsp3) is 0.500. The quantitative estimate of drug-likeness (QED) is 0.507. The third-order valence-electron chi connectivity index (χ3n) is 0.710. The molecule has 11 heavy (non-hydrogen) atoms. The van der Waals surface area contributed by atoms with Crippen LogP contribution >= 0.6 is 38.1 Å². The summed E-state index contributed by atoms with van der Waals surface area (Å²) in [5, 5.41) is 0. The lowest BCUT2D eigenvalue weighted by molar-refractivity contribution is -0.0798. The predicted octanol–water partition coefficient (Wildman–Crippen LogP) is 3.92. The maximum Gasteiger partial charge on any atom is 0.410 e. The van der Waals surface area contributed by atoms with Crippen molar-refractivity contribution in [3.05, 3.63) is 10.2 Å². The van der Waals surface area contributed by atoms with E-state index in [1.165, 1.54) is 6.55 Å². The number of hydrogen-bond acceptors (Lipinski definition) is 0. The number of alkyl halides is 3. The van der Waals surface area contributed by atoms with Gasteiger partial charge >= 0.3 is 6.18 Å². The van der Waals surface area contributed by atoms with Crippen LogP contribution in [0.5, 0.6) is 0 Å². The lowest BCUT2D eigenvalue weighted by Crippen LogP contribution is -2.16. The Bertz CT molecular complexity index is 171. The molecule has 0 aliphatic carbocycles. The average molecular weight is 288 g/mol. The lowest BCUT2D eigenvalue weighted by Gasteiger charge is -2.09. The molecule has 0 rings (SSSR count). The van der Waals surface area contributed by atoms with Crippen molar-refractivity contribution in [2.75, 3.05) is 0 Å². The molecule has 0 aromatic carbocycles. The molecule has 0 aliphatic rings. The van der Waals surface area contributed by atoms with Crippen molar-refractivity contribution in [2.45, 2.75) is 12.7 Å². The first-order chi connectivity index (χ1) is 4.63. The largest absolute Gasteiger partial charge is 0.410 e. The maximum absolute atomic E-state index is 11.6. The summed E-state index contributed by atoms with van der Waals surface area (Å²) in [5.74, 6) is 0. The molecular formula is C4H4BrCl2F3Si. The second-order valence-corrected chi connectivity index (χ2v) is 10.9. The van der Waals surface area contributed by atoms with Crippen molar-refractivity contribution >= 4 is 44.8 Å². The van der Waals surface area contributed by atoms with Crippen LogP contribution in [0.4, 0.5) is 13.2 Å². The van der Waals surface area contributed by atoms with Crippen molar-refractivity contribution < 1.29 is 13.2 Å². The van der Waals surface area contributed by atoms with E-state index in [1.807, 2.05) is 0 Å². The summed E-state index contributed by atoms with van der Waals surface area (Å²) in [6.45, 7) is -1.49. The highest BCUT2D eigenvalue weighted by Gasteiger charge is 2.32. The van der Waals surface area contributed by atoms with E-state index in [0.29, 0.717) is 0 Å². The molecule has 0 atom stereocenters. The summed E-state index contributed by atoms with van der Waals surface area (Å²) < 4.78 is 34.7. The molecule has 0 bridgehead atoms. The first-order valence-corrected chi connectivity index (χ1v) is 7.78. The van der Waals surface area contributed by atoms with Crippen LogP contribution in [0, 0.1) is 0 Å². The Kier molecular flexibility index (Phi) is 3.95. The first kappa shape index (κ1) is 11.8. The fourth-order valence-corrected chi connectivity index (χ4v) is 1.27. The predicted molar refractivity (Wildman–Crippen MR) is 46.4 cm³/mol. The van der Waals surface area contributed by atoms with Crippen molar-refractivity contribution in [1.29, 1.82) is 0 Å². The van der Waals surface area contributed by atoms with Gasteiger partial charge in [0.1, 0.15) is 0 Å². The number of halogens is 6. The van der Waals surface area contributed by atoms with Crippen LogP contribution in [0.25, 0.3) is 0 Å². The summed E-state index contributed by atoms with van der Waals surface area (Å²) in [5.41, 5.74) is 0. The Morgan fingerprint density at radius 3 is 1.91 bits per heavy atom. The van der Waals surface area contributed by atoms with Crippen molar-refractivity contribution in [1.82, 2.24) is 0 Å². The van der Waals surface area contributed by atoms with E-state index in [1.54, 1.807) is 0 Å². The molecule has 0 amide bonds. The van der Waals surface area contributed by atoms with Gasteiger partial charge in [-0.25, -0.2) is 0 Å². The van der Waals surface area contributed by atoms with E-state index in [-0.39, 0.29) is 10.2 Å². The number of allylic oxidation sites excluding steroid dienone is 1. The molecule has 0 N–H and O–H groups in total. The van der Waals surface area contributed by atoms with Gasteiger partial charge in [0.25, 0.3) is 6.69 Å². The number of hydrogen-bond donors (Lipinski definition) is 0. The van der Waals surface area contributed by atoms with Crippen molar-refractivity contribution in [3.8, 4) is 0 Å². The van der Waals surface area contributed by atoms with E-state index in [4.69, 9.17) is 22.2 Å². The van der Waals surface area contributed by atoms with Gasteiger partial charge < -0.3 is 0 Å². The molecule has 0 fully saturated rings. The Balaban J connectivity index is 4.49. The van der Waals surface area contributed by atoms with Crippen molar-refractivity contribution in [3.63, 3.8) is 0 Å². The second-order valence-electron chi connectivity index (χ2n) is 1.92. The van der Waals surface area contributed by atoms with Crippen molar-refractivity contribution in [2.24, 2.45) is 0 Å². The summed E-state index contributed by atoms with van der Waals surface area (Å²) >= 11 is 13.6. The summed E-state index contributed by atoms with van der Waals surface area (Å²) in [6.07, 6.45) is -4.30. The van der Waals surface area contributed by atoms with Gasteiger partial charge in [-0.3, -0.25) is 0 Å². The lowest BCUT2D eigenvalue weighted by atomic mass is 10.6. The van der Waals surface area contributed by atoms with Crippen LogP contribution in [0.3, 0.4) is 0 Å². The highest BCUT2D eigenvalue weighted by Crippen LogP contribution is 2.32. The maximum atomic E-state index is 11.6. The van der Waals surface area contributed by atoms with E-state index >= 15 is 0 Å². The van der Waals surface area contributed by atoms with E-state index in [9.17, 15) is 13.2 Å². The molecule has 0 aromatic rings. The van der Waals surface area contributed by atoms with Crippen LogP contribution in [0.1, 0.15) is 0 Å². The minimum absolute atomic E-state index is 0.0687. The minimum atomic E-state index is -4.36. The molecule has 0 heterocycles. The molecule has 0 saturated carbocycles. The van der Waals surface area contributed by atoms with Gasteiger partial charge in [-0.2, -0.15) is 13.2 Å². The molecule has 0 saturated heterocycles. The monoisotopic (exact) mass is 286 g/mol. The molecule has 66 valence electrons. The molecule has 7 heteroatoms. The molecule has 0 aromatic heterocycles. The Morgan fingerprint density at radius 2 is 1.82 bits per heavy atom. The fourth-order valence-electron chi connectivity index (χ4n) is 0.270. The standard InChI is InChI=1S/C4H4BrCl2F3Si/c1-11(6,7)3(5)2-4(8,9)10/h2H,1H3/b3-2+. The molecular weight excluding hydrogens is 284 g/mol. The third-order valence-corrected chi connectivity index (χ3v) is 6.89. The normalized spacial score (nSPS) is 15.4. The summed E-state index contributed by atoms with van der Waals surface area (Å²) in [6, 6.07) is 0. The molecule has 0 radical (unpaired) electrons. The van der Waals surface area contributed by atoms with Crippen LogP contribution in [0.2, 0.25) is 6.55 Å². The van der Waals surface area contributed by atoms with Gasteiger partial charge in [0, 0.05) is 10.2 Å². The average Bonchev–Trinajstić information content (AvgIpc) is 1.56. The Hall–Kier alpha value is 0.807. The van der Waals surface area contributed by atoms with Crippen LogP contribution in [-0.2, 0) is 0 Å². The first-order valence-electron chi connectivity index (χ1n) is 2.46. The second kappa shape index (κ2) is 3.68. The van der Waals surface area contributed by atoms with E-state index < -0.39 is 12.9 Å². The molecule has 0 aliphatic heterocycles. The zero-order valence-electron chi connectivity index (χ0n) is 5.35. The molecule has 0 unspecified atom stereocenters. The molecule has 0 nitrogen and oxygen atoms in total. The van der Waals surface area contributed by atoms with E-state index in [2.05, 4.69) is 15.9 Å². The summed E-state index contributed by atoms with van der Waals surface area (Å²) in [4.78, 5) is 0. The topological polar surface area (TPSA) is 0 Å². The SMILES string of the molecule is C[Si](Cl)(Cl)/C(Br)=C/C(F)(F)F. The van der Waals surface area contributed by atoms with Gasteiger partial charge in [-0.1, -0.05) is 15.9 Å². The zero-order valence-corrected chi connectivity index (χ0v) is 9.44. The zero-order chi connectivity index (χ0) is 9.28. The van der Waals surface area contributed by atoms with Crippen LogP contribution < -0.4 is 0 Å². The molecule has 0 spiro atoms. The van der Waals surface area contributed by atoms with Gasteiger partial charge in [-0.15, -0.1) is 22.2 Å². The van der Waals surface area contributed by atoms with Crippen LogP contribution in [0.15, 0.2) is 10.2 Å². The van der Waals surface area contributed by atoms with Crippen LogP contribution in [-0.4, -0.2) is 12.9 Å². The Labute approximate surface area is 80.9 Å². The minimum Gasteiger partial charge on any atom is -0.167 e. The number of rotatable bonds is 1. The highest BCUT2D eigenvalue weighted by molar-refractivity contribution is 9.12. The van der Waals surface area contributed by atoms with E-state index in [0.717, 1.165) is 0 Å². The van der Waals surface area contributed by atoms with Gasteiger partial charge in [-0.05, 0) is 6.55 Å². The Morgan fingerprint density at radius 1 is 1.45 bits per heavy atom. The van der Waals surface area contributed by atoms with Gasteiger partial charge in [0.2, 0.25) is 0 Å². The smallest absolute Gasteiger partial charge is 0.167 e. The summed E-state index contributed by atoms with van der Waals surface area (Å²) in [7, 11) is 0. The highest BCUT2D eigenvalue weighted by atomic mass is 79.9.